The van der Waals surface area contributed by atoms with Crippen LogP contribution < -0.4 is 10.6 Å². The van der Waals surface area contributed by atoms with Crippen molar-refractivity contribution in [2.75, 3.05) is 0 Å². The van der Waals surface area contributed by atoms with Gasteiger partial charge in [0.1, 0.15) is 23.3 Å². The quantitative estimate of drug-likeness (QED) is 0.160. The molecule has 1 unspecified atom stereocenters. The lowest BCUT2D eigenvalue weighted by Gasteiger charge is -2.30. The number of hydrogen-bond donors (Lipinski definition) is 2. The molecule has 1 aliphatic carbocycles. The smallest absolute Gasteiger partial charge is 0.177 e. The minimum Gasteiger partial charge on any atom is -0.324 e. The number of benzene rings is 7. The van der Waals surface area contributed by atoms with E-state index in [2.05, 4.69) is 157 Å². The van der Waals surface area contributed by atoms with Crippen LogP contribution in [0.5, 0.6) is 0 Å². The molecule has 1 aromatic heterocycles. The minimum absolute atomic E-state index is 0.330. The third-order valence-electron chi connectivity index (χ3n) is 11.8. The van der Waals surface area contributed by atoms with Crippen molar-refractivity contribution >= 4 is 54.9 Å². The van der Waals surface area contributed by atoms with Gasteiger partial charge in [-0.15, -0.1) is 11.3 Å². The first kappa shape index (κ1) is 37.5. The lowest BCUT2D eigenvalue weighted by Crippen LogP contribution is -2.41. The van der Waals surface area contributed by atoms with Crippen LogP contribution in [0.1, 0.15) is 53.7 Å². The third kappa shape index (κ3) is 7.27. The number of nitrogens with zero attached hydrogens (tertiary/aromatic N) is 4. The number of aliphatic imine (C=N–C) groups is 4. The Hall–Kier alpha value is -7.48. The molecular weight excluding hydrogens is 777 g/mol. The number of hydrogen-bond acceptors (Lipinski definition) is 7. The number of nitrogens with one attached hydrogen (secondary N) is 2. The van der Waals surface area contributed by atoms with Crippen LogP contribution in [0.15, 0.2) is 220 Å². The molecular formula is C55H42N6S. The first-order valence-corrected chi connectivity index (χ1v) is 21.9. The van der Waals surface area contributed by atoms with E-state index in [1.54, 1.807) is 0 Å². The molecule has 3 heterocycles. The van der Waals surface area contributed by atoms with Crippen LogP contribution in [0, 0.1) is 0 Å². The molecule has 0 saturated heterocycles. The van der Waals surface area contributed by atoms with Gasteiger partial charge in [0.25, 0.3) is 0 Å². The second-order valence-corrected chi connectivity index (χ2v) is 17.1. The summed E-state index contributed by atoms with van der Waals surface area (Å²) < 4.78 is 2.55. The molecule has 7 heteroatoms. The van der Waals surface area contributed by atoms with Crippen molar-refractivity contribution in [2.24, 2.45) is 20.0 Å². The Kier molecular flexibility index (Phi) is 9.59. The van der Waals surface area contributed by atoms with Gasteiger partial charge >= 0.3 is 0 Å². The van der Waals surface area contributed by atoms with E-state index in [0.29, 0.717) is 0 Å². The van der Waals surface area contributed by atoms with Crippen molar-refractivity contribution in [3.63, 3.8) is 0 Å². The zero-order chi connectivity index (χ0) is 41.5. The van der Waals surface area contributed by atoms with Crippen molar-refractivity contribution in [1.82, 2.24) is 10.6 Å². The molecule has 2 N–H and O–H groups in total. The predicted molar refractivity (Wildman–Crippen MR) is 259 cm³/mol. The van der Waals surface area contributed by atoms with E-state index in [4.69, 9.17) is 20.0 Å². The van der Waals surface area contributed by atoms with Gasteiger partial charge < -0.3 is 10.6 Å². The van der Waals surface area contributed by atoms with Gasteiger partial charge in [0, 0.05) is 48.0 Å². The number of allylic oxidation sites excluding steroid dienone is 2. The van der Waals surface area contributed by atoms with Crippen LogP contribution in [0.3, 0.4) is 0 Å². The second kappa shape index (κ2) is 15.8. The van der Waals surface area contributed by atoms with E-state index in [9.17, 15) is 0 Å². The Morgan fingerprint density at radius 1 is 0.484 bits per heavy atom. The zero-order valence-electron chi connectivity index (χ0n) is 34.2. The largest absolute Gasteiger partial charge is 0.324 e. The second-order valence-electron chi connectivity index (χ2n) is 16.0. The van der Waals surface area contributed by atoms with Crippen molar-refractivity contribution in [2.45, 2.75) is 31.6 Å². The van der Waals surface area contributed by atoms with E-state index in [-0.39, 0.29) is 6.17 Å². The molecule has 11 rings (SSSR count). The summed E-state index contributed by atoms with van der Waals surface area (Å²) in [6.45, 7) is 2.10. The molecule has 8 aromatic rings. The zero-order valence-corrected chi connectivity index (χ0v) is 35.0. The van der Waals surface area contributed by atoms with E-state index in [0.717, 1.165) is 80.7 Å². The SMILES string of the molecule is C[C@]1(c2ccc(-c3ccc4sc5ccc(-c6ccc(C7=NC(c8ccccc8)N=C(c8ccccc8)N7)cc6)cc5c4c3)cc2)N=C(C2=CCCC=C2)NC(c2ccccc2)=N1. The van der Waals surface area contributed by atoms with Crippen LogP contribution in [-0.2, 0) is 5.66 Å². The van der Waals surface area contributed by atoms with Crippen LogP contribution in [0.4, 0.5) is 0 Å². The van der Waals surface area contributed by atoms with E-state index in [1.807, 2.05) is 65.9 Å². The average Bonchev–Trinajstić information content (AvgIpc) is 3.72. The lowest BCUT2D eigenvalue weighted by atomic mass is 9.95. The first-order chi connectivity index (χ1) is 30.5. The summed E-state index contributed by atoms with van der Waals surface area (Å²) in [5.41, 5.74) is 10.2. The molecule has 3 aliphatic rings. The molecule has 2 atom stereocenters. The molecule has 0 saturated carbocycles. The van der Waals surface area contributed by atoms with E-state index < -0.39 is 5.66 Å². The van der Waals surface area contributed by atoms with E-state index in [1.165, 1.54) is 31.3 Å². The van der Waals surface area contributed by atoms with Gasteiger partial charge in [-0.3, -0.25) is 0 Å². The van der Waals surface area contributed by atoms with Crippen LogP contribution in [0.25, 0.3) is 42.4 Å². The lowest BCUT2D eigenvalue weighted by molar-refractivity contribution is 0.518. The van der Waals surface area contributed by atoms with Crippen LogP contribution in [-0.4, -0.2) is 23.3 Å². The summed E-state index contributed by atoms with van der Waals surface area (Å²) in [4.78, 5) is 20.5. The Balaban J connectivity index is 0.884. The van der Waals surface area contributed by atoms with Gasteiger partial charge in [-0.05, 0) is 71.8 Å². The summed E-state index contributed by atoms with van der Waals surface area (Å²) in [6, 6.07) is 62.0. The fourth-order valence-corrected chi connectivity index (χ4v) is 9.53. The highest BCUT2D eigenvalue weighted by Gasteiger charge is 2.32. The predicted octanol–water partition coefficient (Wildman–Crippen LogP) is 12.8. The maximum Gasteiger partial charge on any atom is 0.177 e. The topological polar surface area (TPSA) is 73.5 Å². The monoisotopic (exact) mass is 818 g/mol. The summed E-state index contributed by atoms with van der Waals surface area (Å²) in [6.07, 6.45) is 8.37. The number of fused-ring (bicyclic) bond motifs is 3. The molecule has 0 bridgehead atoms. The fourth-order valence-electron chi connectivity index (χ4n) is 8.47. The summed E-state index contributed by atoms with van der Waals surface area (Å²) in [7, 11) is 0. The van der Waals surface area contributed by atoms with Crippen molar-refractivity contribution in [3.05, 3.63) is 228 Å². The molecule has 62 heavy (non-hydrogen) atoms. The average molecular weight is 819 g/mol. The summed E-state index contributed by atoms with van der Waals surface area (Å²) >= 11 is 1.84. The molecule has 0 spiro atoms. The van der Waals surface area contributed by atoms with Crippen molar-refractivity contribution in [3.8, 4) is 22.3 Å². The molecule has 2 aliphatic heterocycles. The number of rotatable bonds is 8. The Labute approximate surface area is 365 Å². The van der Waals surface area contributed by atoms with Gasteiger partial charge in [-0.2, -0.15) is 0 Å². The third-order valence-corrected chi connectivity index (χ3v) is 13.0. The minimum atomic E-state index is -0.789. The van der Waals surface area contributed by atoms with E-state index >= 15 is 0 Å². The number of amidine groups is 4. The first-order valence-electron chi connectivity index (χ1n) is 21.1. The van der Waals surface area contributed by atoms with Crippen molar-refractivity contribution in [1.29, 1.82) is 0 Å². The Bertz CT molecular complexity index is 3160. The van der Waals surface area contributed by atoms with Gasteiger partial charge in [0.05, 0.1) is 0 Å². The highest BCUT2D eigenvalue weighted by molar-refractivity contribution is 7.25. The maximum atomic E-state index is 5.23. The normalized spacial score (nSPS) is 18.5. The van der Waals surface area contributed by atoms with Gasteiger partial charge in [0.15, 0.2) is 11.8 Å². The maximum absolute atomic E-state index is 5.23. The fraction of sp³-hybridized carbons (Fsp3) is 0.0909. The molecule has 0 radical (unpaired) electrons. The molecule has 298 valence electrons. The molecule has 6 nitrogen and oxygen atoms in total. The van der Waals surface area contributed by atoms with Gasteiger partial charge in [0.2, 0.25) is 0 Å². The summed E-state index contributed by atoms with van der Waals surface area (Å²) in [5.74, 6) is 3.30. The van der Waals surface area contributed by atoms with Crippen LogP contribution in [0.2, 0.25) is 0 Å². The Morgan fingerprint density at radius 3 is 1.55 bits per heavy atom. The molecule has 0 fully saturated rings. The Morgan fingerprint density at radius 2 is 0.968 bits per heavy atom. The molecule has 7 aromatic carbocycles. The van der Waals surface area contributed by atoms with Crippen molar-refractivity contribution < 1.29 is 0 Å². The summed E-state index contributed by atoms with van der Waals surface area (Å²) in [5, 5.41) is 9.60. The van der Waals surface area contributed by atoms with Gasteiger partial charge in [-0.25, -0.2) is 20.0 Å². The van der Waals surface area contributed by atoms with Gasteiger partial charge in [-0.1, -0.05) is 170 Å². The van der Waals surface area contributed by atoms with Crippen LogP contribution >= 0.6 is 11.3 Å². The molecule has 0 amide bonds. The highest BCUT2D eigenvalue weighted by Crippen LogP contribution is 2.40. The highest BCUT2D eigenvalue weighted by atomic mass is 32.1. The standard InChI is InChI=1S/C55H42N6S/c1-55(60-53(40-18-10-4-11-19-40)59-54(61-55)41-20-12-5-13-21-41)45-30-26-37(27-31-45)44-29-33-49-47(35-44)46-34-43(28-32-48(46)62-49)36-22-24-42(25-23-36)52-57-50(38-14-6-2-7-15-38)56-51(58-52)39-16-8-3-9-17-39/h2-4,6-12,14-35,50H,5,13H2,1H3,(H,56,57,58)(H,59,60,61)/t50?,55-/m1/s1. The number of thiophene rings is 1.